The fraction of sp³-hybridized carbons (Fsp3) is 0. The summed E-state index contributed by atoms with van der Waals surface area (Å²) in [5, 5.41) is 15.5. The maximum absolute atomic E-state index is 9.06. The van der Waals surface area contributed by atoms with E-state index < -0.39 is 0 Å². The fourth-order valence-electron chi connectivity index (χ4n) is 5.06. The topological polar surface area (TPSA) is 61.7 Å². The predicted octanol–water partition coefficient (Wildman–Crippen LogP) is 8.78. The summed E-state index contributed by atoms with van der Waals surface area (Å²) in [6, 6.07) is 42.5. The average molecular weight is 502 g/mol. The van der Waals surface area contributed by atoms with E-state index in [0.29, 0.717) is 11.4 Å². The molecule has 0 spiro atoms. The van der Waals surface area contributed by atoms with Crippen LogP contribution < -0.4 is 0 Å². The molecule has 6 aromatic carbocycles. The lowest BCUT2D eigenvalue weighted by molar-refractivity contribution is 0.669. The van der Waals surface area contributed by atoms with Crippen LogP contribution in [0.5, 0.6) is 0 Å². The van der Waals surface area contributed by atoms with Crippen molar-refractivity contribution >= 4 is 61.4 Å². The average Bonchev–Trinajstić information content (AvgIpc) is 3.38. The van der Waals surface area contributed by atoms with E-state index in [4.69, 9.17) is 19.8 Å². The van der Waals surface area contributed by atoms with E-state index in [1.54, 1.807) is 0 Å². The van der Waals surface area contributed by atoms with Crippen LogP contribution in [0.25, 0.3) is 43.5 Å². The summed E-state index contributed by atoms with van der Waals surface area (Å²) in [5.41, 5.74) is 4.05. The summed E-state index contributed by atoms with van der Waals surface area (Å²) in [4.78, 5) is 9.63. The molecule has 0 unspecified atom stereocenters. The Hall–Kier alpha value is -5.35. The number of furan rings is 1. The van der Waals surface area contributed by atoms with E-state index in [0.717, 1.165) is 49.2 Å². The van der Waals surface area contributed by atoms with Crippen molar-refractivity contribution in [2.75, 3.05) is 0 Å². The second-order valence-corrected chi connectivity index (χ2v) is 9.49. The van der Waals surface area contributed by atoms with Gasteiger partial charge in [0.2, 0.25) is 0 Å². The van der Waals surface area contributed by atoms with Gasteiger partial charge in [-0.15, -0.1) is 0 Å². The van der Waals surface area contributed by atoms with Crippen LogP contribution in [0.4, 0.5) is 0 Å². The molecule has 0 amide bonds. The summed E-state index contributed by atoms with van der Waals surface area (Å²) in [6.07, 6.45) is 1.82. The molecule has 0 saturated heterocycles. The number of nitrogens with zero attached hydrogens (tertiary/aromatic N) is 2. The maximum atomic E-state index is 9.06. The molecule has 1 N–H and O–H groups in total. The normalized spacial score (nSPS) is 12.3. The number of nitrogens with one attached hydrogen (secondary N) is 1. The zero-order valence-corrected chi connectivity index (χ0v) is 21.0. The number of aliphatic imine (C=N–C) groups is 2. The molecule has 0 aliphatic rings. The SMILES string of the molecule is N=C(N=C(N=Cc1ccc2ccccc2c1)c1ccc2ccccc2c1)c1cccc2oc3ccccc3c12. The van der Waals surface area contributed by atoms with Gasteiger partial charge in [-0.25, -0.2) is 9.98 Å². The summed E-state index contributed by atoms with van der Waals surface area (Å²) < 4.78 is 6.05. The van der Waals surface area contributed by atoms with E-state index in [-0.39, 0.29) is 5.84 Å². The van der Waals surface area contributed by atoms with E-state index in [9.17, 15) is 0 Å². The minimum atomic E-state index is 0.131. The monoisotopic (exact) mass is 501 g/mol. The summed E-state index contributed by atoms with van der Waals surface area (Å²) in [5.74, 6) is 0.606. The highest BCUT2D eigenvalue weighted by molar-refractivity contribution is 6.21. The molecule has 7 rings (SSSR count). The molecule has 0 saturated carbocycles. The number of amidine groups is 2. The molecule has 4 heteroatoms. The second-order valence-electron chi connectivity index (χ2n) is 9.49. The number of para-hydroxylation sites is 1. The van der Waals surface area contributed by atoms with Gasteiger partial charge < -0.3 is 4.42 Å². The van der Waals surface area contributed by atoms with Gasteiger partial charge in [0.25, 0.3) is 0 Å². The summed E-state index contributed by atoms with van der Waals surface area (Å²) >= 11 is 0. The Morgan fingerprint density at radius 2 is 1.28 bits per heavy atom. The molecule has 1 aromatic heterocycles. The van der Waals surface area contributed by atoms with Crippen LogP contribution in [0, 0.1) is 5.41 Å². The van der Waals surface area contributed by atoms with Gasteiger partial charge in [-0.3, -0.25) is 5.41 Å². The second kappa shape index (κ2) is 9.51. The molecular formula is C35H23N3O. The quantitative estimate of drug-likeness (QED) is 0.191. The van der Waals surface area contributed by atoms with Crippen molar-refractivity contribution < 1.29 is 4.42 Å². The largest absolute Gasteiger partial charge is 0.456 e. The van der Waals surface area contributed by atoms with Gasteiger partial charge in [0, 0.05) is 28.1 Å². The first-order chi connectivity index (χ1) is 19.2. The van der Waals surface area contributed by atoms with Crippen molar-refractivity contribution in [3.05, 3.63) is 144 Å². The Balaban J connectivity index is 1.36. The zero-order chi connectivity index (χ0) is 26.2. The van der Waals surface area contributed by atoms with Crippen LogP contribution in [-0.2, 0) is 0 Å². The first-order valence-corrected chi connectivity index (χ1v) is 12.8. The van der Waals surface area contributed by atoms with E-state index >= 15 is 0 Å². The Kier molecular flexibility index (Phi) is 5.56. The smallest absolute Gasteiger partial charge is 0.161 e. The number of fused-ring (bicyclic) bond motifs is 5. The van der Waals surface area contributed by atoms with Crippen LogP contribution >= 0.6 is 0 Å². The van der Waals surface area contributed by atoms with E-state index in [2.05, 4.69) is 48.5 Å². The van der Waals surface area contributed by atoms with E-state index in [1.165, 1.54) is 5.39 Å². The molecule has 0 bridgehead atoms. The van der Waals surface area contributed by atoms with Gasteiger partial charge in [-0.2, -0.15) is 0 Å². The standard InChI is InChI=1S/C35H23N3O/c36-34(30-13-7-15-32-33(30)29-12-5-6-14-31(29)39-32)38-35(28-19-18-25-9-2-4-11-27(25)21-28)37-22-23-16-17-24-8-1-3-10-26(24)20-23/h1-22,36H. The fourth-order valence-corrected chi connectivity index (χ4v) is 5.06. The Morgan fingerprint density at radius 3 is 2.10 bits per heavy atom. The molecule has 184 valence electrons. The Labute approximate surface area is 225 Å². The maximum Gasteiger partial charge on any atom is 0.161 e. The van der Waals surface area contributed by atoms with Gasteiger partial charge in [0.05, 0.1) is 0 Å². The number of benzene rings is 6. The van der Waals surface area contributed by atoms with Crippen molar-refractivity contribution in [3.63, 3.8) is 0 Å². The molecule has 0 atom stereocenters. The lowest BCUT2D eigenvalue weighted by Gasteiger charge is -2.07. The highest BCUT2D eigenvalue weighted by Gasteiger charge is 2.15. The van der Waals surface area contributed by atoms with Crippen LogP contribution in [0.1, 0.15) is 16.7 Å². The molecule has 0 radical (unpaired) electrons. The molecule has 39 heavy (non-hydrogen) atoms. The highest BCUT2D eigenvalue weighted by atomic mass is 16.3. The van der Waals surface area contributed by atoms with Crippen molar-refractivity contribution in [2.24, 2.45) is 9.98 Å². The van der Waals surface area contributed by atoms with Gasteiger partial charge in [0.1, 0.15) is 11.2 Å². The molecular weight excluding hydrogens is 478 g/mol. The molecule has 4 nitrogen and oxygen atoms in total. The minimum Gasteiger partial charge on any atom is -0.456 e. The summed E-state index contributed by atoms with van der Waals surface area (Å²) in [6.45, 7) is 0. The van der Waals surface area contributed by atoms with Crippen LogP contribution in [0.3, 0.4) is 0 Å². The number of hydrogen-bond donors (Lipinski definition) is 1. The van der Waals surface area contributed by atoms with Crippen molar-refractivity contribution in [1.29, 1.82) is 5.41 Å². The predicted molar refractivity (Wildman–Crippen MR) is 163 cm³/mol. The van der Waals surface area contributed by atoms with Crippen molar-refractivity contribution in [1.82, 2.24) is 0 Å². The van der Waals surface area contributed by atoms with Crippen molar-refractivity contribution in [2.45, 2.75) is 0 Å². The first-order valence-electron chi connectivity index (χ1n) is 12.8. The highest BCUT2D eigenvalue weighted by Crippen LogP contribution is 2.31. The molecule has 1 heterocycles. The minimum absolute atomic E-state index is 0.131. The molecule has 0 fully saturated rings. The zero-order valence-electron chi connectivity index (χ0n) is 21.0. The summed E-state index contributed by atoms with van der Waals surface area (Å²) in [7, 11) is 0. The van der Waals surface area contributed by atoms with Gasteiger partial charge in [0.15, 0.2) is 11.7 Å². The van der Waals surface area contributed by atoms with Crippen LogP contribution in [0.15, 0.2) is 142 Å². The Morgan fingerprint density at radius 1 is 0.615 bits per heavy atom. The van der Waals surface area contributed by atoms with Crippen molar-refractivity contribution in [3.8, 4) is 0 Å². The first kappa shape index (κ1) is 22.8. The van der Waals surface area contributed by atoms with Crippen LogP contribution in [-0.4, -0.2) is 17.9 Å². The van der Waals surface area contributed by atoms with Crippen LogP contribution in [0.2, 0.25) is 0 Å². The third-order valence-electron chi connectivity index (χ3n) is 6.99. The third kappa shape index (κ3) is 4.28. The van der Waals surface area contributed by atoms with Gasteiger partial charge in [-0.05, 0) is 51.4 Å². The lowest BCUT2D eigenvalue weighted by atomic mass is 10.0. The molecule has 0 aliphatic heterocycles. The third-order valence-corrected chi connectivity index (χ3v) is 6.99. The number of rotatable bonds is 3. The Bertz CT molecular complexity index is 2100. The van der Waals surface area contributed by atoms with Gasteiger partial charge in [-0.1, -0.05) is 103 Å². The lowest BCUT2D eigenvalue weighted by Crippen LogP contribution is -2.05. The number of hydrogen-bond acceptors (Lipinski definition) is 2. The molecule has 0 aliphatic carbocycles. The van der Waals surface area contributed by atoms with E-state index in [1.807, 2.05) is 85.1 Å². The van der Waals surface area contributed by atoms with Gasteiger partial charge >= 0.3 is 0 Å². The molecule has 7 aromatic rings.